The van der Waals surface area contributed by atoms with E-state index in [-0.39, 0.29) is 22.4 Å². The average molecular weight is 319 g/mol. The smallest absolute Gasteiger partial charge is 0.271 e. The second kappa shape index (κ2) is 6.95. The summed E-state index contributed by atoms with van der Waals surface area (Å²) in [6.45, 7) is 1.91. The molecule has 0 spiro atoms. The van der Waals surface area contributed by atoms with Crippen molar-refractivity contribution < 1.29 is 14.6 Å². The van der Waals surface area contributed by atoms with Gasteiger partial charge in [0.05, 0.1) is 18.3 Å². The van der Waals surface area contributed by atoms with Gasteiger partial charge in [-0.2, -0.15) is 5.10 Å². The van der Waals surface area contributed by atoms with Crippen LogP contribution in [0.15, 0.2) is 41.5 Å². The SMILES string of the molecule is COc1cc(/C=N\NC(=O)c2cccc(C)c2)cc(Cl)c1O. The molecule has 6 heteroatoms. The molecule has 0 aliphatic carbocycles. The molecule has 0 saturated carbocycles. The fraction of sp³-hybridized carbons (Fsp3) is 0.125. The van der Waals surface area contributed by atoms with Crippen LogP contribution in [0.2, 0.25) is 5.02 Å². The summed E-state index contributed by atoms with van der Waals surface area (Å²) in [5.74, 6) is -0.208. The number of ether oxygens (including phenoxy) is 1. The van der Waals surface area contributed by atoms with E-state index in [0.29, 0.717) is 11.1 Å². The number of hydrogen-bond acceptors (Lipinski definition) is 4. The first-order valence-electron chi connectivity index (χ1n) is 6.48. The van der Waals surface area contributed by atoms with Gasteiger partial charge in [0.2, 0.25) is 0 Å². The number of nitrogens with one attached hydrogen (secondary N) is 1. The topological polar surface area (TPSA) is 70.9 Å². The minimum atomic E-state index is -0.309. The number of halogens is 1. The van der Waals surface area contributed by atoms with E-state index in [1.165, 1.54) is 19.4 Å². The maximum atomic E-state index is 11.9. The predicted octanol–water partition coefficient (Wildman–Crippen LogP) is 3.13. The van der Waals surface area contributed by atoms with Gasteiger partial charge in [-0.15, -0.1) is 0 Å². The number of aromatic hydroxyl groups is 1. The quantitative estimate of drug-likeness (QED) is 0.672. The maximum absolute atomic E-state index is 11.9. The van der Waals surface area contributed by atoms with Crippen molar-refractivity contribution in [1.29, 1.82) is 0 Å². The van der Waals surface area contributed by atoms with Gasteiger partial charge in [0.1, 0.15) is 0 Å². The highest BCUT2D eigenvalue weighted by Crippen LogP contribution is 2.34. The highest BCUT2D eigenvalue weighted by molar-refractivity contribution is 6.32. The van der Waals surface area contributed by atoms with E-state index in [4.69, 9.17) is 16.3 Å². The summed E-state index contributed by atoms with van der Waals surface area (Å²) >= 11 is 5.87. The molecule has 0 aromatic heterocycles. The zero-order valence-corrected chi connectivity index (χ0v) is 12.9. The third kappa shape index (κ3) is 3.77. The molecule has 2 N–H and O–H groups in total. The van der Waals surface area contributed by atoms with Crippen molar-refractivity contribution in [1.82, 2.24) is 5.43 Å². The van der Waals surface area contributed by atoms with Gasteiger partial charge in [-0.25, -0.2) is 5.43 Å². The molecule has 0 aliphatic heterocycles. The van der Waals surface area contributed by atoms with Crippen molar-refractivity contribution in [2.75, 3.05) is 7.11 Å². The molecule has 0 heterocycles. The van der Waals surface area contributed by atoms with Gasteiger partial charge in [-0.1, -0.05) is 29.3 Å². The second-order valence-corrected chi connectivity index (χ2v) is 5.03. The summed E-state index contributed by atoms with van der Waals surface area (Å²) in [6.07, 6.45) is 1.42. The van der Waals surface area contributed by atoms with Crippen LogP contribution in [0.1, 0.15) is 21.5 Å². The van der Waals surface area contributed by atoms with Crippen LogP contribution in [0.3, 0.4) is 0 Å². The first-order valence-corrected chi connectivity index (χ1v) is 6.85. The van der Waals surface area contributed by atoms with Crippen LogP contribution in [0.25, 0.3) is 0 Å². The zero-order chi connectivity index (χ0) is 16.1. The van der Waals surface area contributed by atoms with E-state index in [2.05, 4.69) is 10.5 Å². The number of phenolic OH excluding ortho intramolecular Hbond substituents is 1. The molecular formula is C16H15ClN2O3. The summed E-state index contributed by atoms with van der Waals surface area (Å²) in [4.78, 5) is 11.9. The first kappa shape index (κ1) is 15.9. The van der Waals surface area contributed by atoms with E-state index in [9.17, 15) is 9.90 Å². The molecular weight excluding hydrogens is 304 g/mol. The summed E-state index contributed by atoms with van der Waals surface area (Å²) in [6, 6.07) is 10.3. The van der Waals surface area contributed by atoms with E-state index < -0.39 is 0 Å². The van der Waals surface area contributed by atoms with Crippen molar-refractivity contribution >= 4 is 23.7 Å². The first-order chi connectivity index (χ1) is 10.5. The van der Waals surface area contributed by atoms with Gasteiger partial charge < -0.3 is 9.84 Å². The lowest BCUT2D eigenvalue weighted by atomic mass is 10.1. The van der Waals surface area contributed by atoms with Crippen molar-refractivity contribution in [2.45, 2.75) is 6.92 Å². The predicted molar refractivity (Wildman–Crippen MR) is 85.9 cm³/mol. The number of rotatable bonds is 4. The van der Waals surface area contributed by atoms with Crippen LogP contribution < -0.4 is 10.2 Å². The van der Waals surface area contributed by atoms with Crippen LogP contribution in [0.5, 0.6) is 11.5 Å². The molecule has 2 aromatic rings. The number of amides is 1. The number of carbonyl (C=O) groups is 1. The van der Waals surface area contributed by atoms with Crippen molar-refractivity contribution in [3.63, 3.8) is 0 Å². The van der Waals surface area contributed by atoms with E-state index in [0.717, 1.165) is 5.56 Å². The minimum Gasteiger partial charge on any atom is -0.503 e. The third-order valence-corrected chi connectivity index (χ3v) is 3.22. The lowest BCUT2D eigenvalue weighted by molar-refractivity contribution is 0.0955. The number of nitrogens with zero attached hydrogens (tertiary/aromatic N) is 1. The number of aryl methyl sites for hydroxylation is 1. The molecule has 0 atom stereocenters. The monoisotopic (exact) mass is 318 g/mol. The summed E-state index contributed by atoms with van der Waals surface area (Å²) in [5, 5.41) is 13.7. The Hall–Kier alpha value is -2.53. The number of hydrazone groups is 1. The molecule has 5 nitrogen and oxygen atoms in total. The Morgan fingerprint density at radius 2 is 2.14 bits per heavy atom. The normalized spacial score (nSPS) is 10.7. The van der Waals surface area contributed by atoms with Crippen molar-refractivity contribution in [2.24, 2.45) is 5.10 Å². The van der Waals surface area contributed by atoms with Gasteiger partial charge >= 0.3 is 0 Å². The lowest BCUT2D eigenvalue weighted by Gasteiger charge is -2.06. The molecule has 0 radical (unpaired) electrons. The second-order valence-electron chi connectivity index (χ2n) is 4.62. The summed E-state index contributed by atoms with van der Waals surface area (Å²) in [7, 11) is 1.42. The number of hydrogen-bond donors (Lipinski definition) is 2. The van der Waals surface area contributed by atoms with E-state index >= 15 is 0 Å². The fourth-order valence-electron chi connectivity index (χ4n) is 1.84. The zero-order valence-electron chi connectivity index (χ0n) is 12.1. The summed E-state index contributed by atoms with van der Waals surface area (Å²) < 4.78 is 4.99. The van der Waals surface area contributed by atoms with Crippen LogP contribution in [0.4, 0.5) is 0 Å². The molecule has 0 bridgehead atoms. The molecule has 0 aliphatic rings. The van der Waals surface area contributed by atoms with Crippen molar-refractivity contribution in [3.05, 3.63) is 58.1 Å². The number of carbonyl (C=O) groups excluding carboxylic acids is 1. The Morgan fingerprint density at radius 1 is 1.36 bits per heavy atom. The van der Waals surface area contributed by atoms with Gasteiger partial charge in [0.25, 0.3) is 5.91 Å². The molecule has 0 fully saturated rings. The number of benzene rings is 2. The standard InChI is InChI=1S/C16H15ClN2O3/c1-10-4-3-5-12(6-10)16(21)19-18-9-11-7-13(17)15(20)14(8-11)22-2/h3-9,20H,1-2H3,(H,19,21)/b18-9-. The van der Waals surface area contributed by atoms with Crippen LogP contribution in [-0.2, 0) is 0 Å². The Labute approximate surface area is 133 Å². The van der Waals surface area contributed by atoms with Crippen LogP contribution >= 0.6 is 11.6 Å². The third-order valence-electron chi connectivity index (χ3n) is 2.93. The molecule has 2 rings (SSSR count). The number of phenols is 1. The summed E-state index contributed by atoms with van der Waals surface area (Å²) in [5.41, 5.74) is 4.54. The molecule has 1 amide bonds. The Bertz CT molecular complexity index is 729. The highest BCUT2D eigenvalue weighted by atomic mass is 35.5. The molecule has 114 valence electrons. The molecule has 0 unspecified atom stereocenters. The largest absolute Gasteiger partial charge is 0.503 e. The maximum Gasteiger partial charge on any atom is 0.271 e. The molecule has 22 heavy (non-hydrogen) atoms. The van der Waals surface area contributed by atoms with Crippen LogP contribution in [-0.4, -0.2) is 24.3 Å². The van der Waals surface area contributed by atoms with Gasteiger partial charge in [-0.3, -0.25) is 4.79 Å². The van der Waals surface area contributed by atoms with Gasteiger partial charge in [0, 0.05) is 5.56 Å². The minimum absolute atomic E-state index is 0.134. The van der Waals surface area contributed by atoms with Crippen molar-refractivity contribution in [3.8, 4) is 11.5 Å². The highest BCUT2D eigenvalue weighted by Gasteiger charge is 2.08. The lowest BCUT2D eigenvalue weighted by Crippen LogP contribution is -2.17. The van der Waals surface area contributed by atoms with Crippen LogP contribution in [0, 0.1) is 6.92 Å². The van der Waals surface area contributed by atoms with E-state index in [1.54, 1.807) is 24.3 Å². The van der Waals surface area contributed by atoms with Gasteiger partial charge in [-0.05, 0) is 36.8 Å². The van der Waals surface area contributed by atoms with Gasteiger partial charge in [0.15, 0.2) is 11.5 Å². The Balaban J connectivity index is 2.10. The Morgan fingerprint density at radius 3 is 2.82 bits per heavy atom. The molecule has 2 aromatic carbocycles. The number of methoxy groups -OCH3 is 1. The Kier molecular flexibility index (Phi) is 5.01. The van der Waals surface area contributed by atoms with E-state index in [1.807, 2.05) is 13.0 Å². The average Bonchev–Trinajstić information content (AvgIpc) is 2.50. The fourth-order valence-corrected chi connectivity index (χ4v) is 2.06. The molecule has 0 saturated heterocycles.